The molecule has 0 aliphatic carbocycles. The second kappa shape index (κ2) is 6.68. The van der Waals surface area contributed by atoms with Crippen molar-refractivity contribution in [2.75, 3.05) is 22.9 Å². The molecule has 0 N–H and O–H groups in total. The number of anilines is 2. The smallest absolute Gasteiger partial charge is 0.232 e. The number of hydrogen-bond acceptors (Lipinski definition) is 3. The summed E-state index contributed by atoms with van der Waals surface area (Å²) in [6, 6.07) is 12.2. The molecule has 1 aromatic carbocycles. The summed E-state index contributed by atoms with van der Waals surface area (Å²) in [6.07, 6.45) is 4.59. The van der Waals surface area contributed by atoms with Crippen LogP contribution >= 0.6 is 11.6 Å². The number of fused-ring (bicyclic) bond motifs is 1. The lowest BCUT2D eigenvalue weighted by Crippen LogP contribution is -2.47. The number of aromatic nitrogens is 1. The Morgan fingerprint density at radius 2 is 2.08 bits per heavy atom. The van der Waals surface area contributed by atoms with Crippen LogP contribution < -0.4 is 9.80 Å². The molecule has 2 aromatic rings. The second-order valence-electron chi connectivity index (χ2n) is 6.98. The van der Waals surface area contributed by atoms with Gasteiger partial charge in [-0.25, -0.2) is 4.98 Å². The van der Waals surface area contributed by atoms with Gasteiger partial charge in [0.2, 0.25) is 5.91 Å². The molecule has 0 spiro atoms. The largest absolute Gasteiger partial charge is 0.355 e. The van der Waals surface area contributed by atoms with Crippen molar-refractivity contribution in [3.05, 3.63) is 53.2 Å². The average molecular weight is 356 g/mol. The third kappa shape index (κ3) is 2.99. The van der Waals surface area contributed by atoms with Crippen molar-refractivity contribution in [2.45, 2.75) is 32.2 Å². The fourth-order valence-electron chi connectivity index (χ4n) is 4.08. The summed E-state index contributed by atoms with van der Waals surface area (Å²) in [6.45, 7) is 3.71. The highest BCUT2D eigenvalue weighted by Crippen LogP contribution is 2.35. The molecule has 1 saturated heterocycles. The van der Waals surface area contributed by atoms with Gasteiger partial charge in [0.15, 0.2) is 0 Å². The summed E-state index contributed by atoms with van der Waals surface area (Å²) in [5.74, 6) is 1.01. The number of pyridine rings is 1. The zero-order valence-corrected chi connectivity index (χ0v) is 15.1. The summed E-state index contributed by atoms with van der Waals surface area (Å²) in [5, 5.41) is 0.649. The zero-order valence-electron chi connectivity index (χ0n) is 14.4. The average Bonchev–Trinajstić information content (AvgIpc) is 2.97. The van der Waals surface area contributed by atoms with Gasteiger partial charge in [-0.3, -0.25) is 4.79 Å². The standard InChI is InChI=1S/C20H22ClN3O/c1-14-12-15-6-2-3-9-18(15)24(14)20(25)16-7-5-11-23(13-16)19-17(21)8-4-10-22-19/h2-4,6,8-10,14,16H,5,7,11-13H2,1H3/t14-,16+/m0/s1. The Bertz CT molecular complexity index is 794. The second-order valence-corrected chi connectivity index (χ2v) is 7.39. The van der Waals surface area contributed by atoms with Crippen LogP contribution in [0.1, 0.15) is 25.3 Å². The molecule has 130 valence electrons. The van der Waals surface area contributed by atoms with Gasteiger partial charge in [-0.1, -0.05) is 29.8 Å². The van der Waals surface area contributed by atoms with Crippen molar-refractivity contribution in [1.82, 2.24) is 4.98 Å². The molecule has 0 unspecified atom stereocenters. The van der Waals surface area contributed by atoms with Crippen molar-refractivity contribution in [3.63, 3.8) is 0 Å². The molecule has 25 heavy (non-hydrogen) atoms. The van der Waals surface area contributed by atoms with E-state index >= 15 is 0 Å². The predicted molar refractivity (Wildman–Crippen MR) is 101 cm³/mol. The molecule has 1 fully saturated rings. The molecular weight excluding hydrogens is 334 g/mol. The van der Waals surface area contributed by atoms with Crippen molar-refractivity contribution < 1.29 is 4.79 Å². The van der Waals surface area contributed by atoms with Gasteiger partial charge in [-0.05, 0) is 49.9 Å². The van der Waals surface area contributed by atoms with Gasteiger partial charge >= 0.3 is 0 Å². The minimum atomic E-state index is -0.0135. The van der Waals surface area contributed by atoms with E-state index in [1.807, 2.05) is 29.2 Å². The first-order valence-electron chi connectivity index (χ1n) is 8.91. The lowest BCUT2D eigenvalue weighted by atomic mass is 9.96. The van der Waals surface area contributed by atoms with Gasteiger partial charge < -0.3 is 9.80 Å². The molecule has 5 heteroatoms. The summed E-state index contributed by atoms with van der Waals surface area (Å²) >= 11 is 6.30. The summed E-state index contributed by atoms with van der Waals surface area (Å²) in [4.78, 5) is 21.9. The highest BCUT2D eigenvalue weighted by molar-refractivity contribution is 6.32. The molecule has 1 aromatic heterocycles. The summed E-state index contributed by atoms with van der Waals surface area (Å²) < 4.78 is 0. The molecule has 2 aliphatic heterocycles. The topological polar surface area (TPSA) is 36.4 Å². The van der Waals surface area contributed by atoms with Crippen molar-refractivity contribution in [3.8, 4) is 0 Å². The van der Waals surface area contributed by atoms with Crippen molar-refractivity contribution >= 4 is 29.0 Å². The number of halogens is 1. The number of nitrogens with zero attached hydrogens (tertiary/aromatic N) is 3. The van der Waals surface area contributed by atoms with Gasteiger partial charge in [-0.15, -0.1) is 0 Å². The highest BCUT2D eigenvalue weighted by Gasteiger charge is 2.36. The maximum atomic E-state index is 13.3. The van der Waals surface area contributed by atoms with E-state index in [0.29, 0.717) is 11.6 Å². The first kappa shape index (κ1) is 16.4. The third-order valence-corrected chi connectivity index (χ3v) is 5.55. The van der Waals surface area contributed by atoms with Gasteiger partial charge in [-0.2, -0.15) is 0 Å². The Kier molecular flexibility index (Phi) is 4.38. The minimum absolute atomic E-state index is 0.0135. The third-order valence-electron chi connectivity index (χ3n) is 5.25. The quantitative estimate of drug-likeness (QED) is 0.819. The van der Waals surface area contributed by atoms with Gasteiger partial charge in [0.05, 0.1) is 10.9 Å². The molecule has 2 atom stereocenters. The van der Waals surface area contributed by atoms with Gasteiger partial charge in [0, 0.05) is 31.0 Å². The number of para-hydroxylation sites is 1. The van der Waals surface area contributed by atoms with Gasteiger partial charge in [0.1, 0.15) is 5.82 Å². The van der Waals surface area contributed by atoms with Crippen LogP contribution in [-0.4, -0.2) is 30.0 Å². The van der Waals surface area contributed by atoms with Crippen LogP contribution in [0, 0.1) is 5.92 Å². The van der Waals surface area contributed by atoms with Crippen LogP contribution in [0.15, 0.2) is 42.6 Å². The van der Waals surface area contributed by atoms with Gasteiger partial charge in [0.25, 0.3) is 0 Å². The van der Waals surface area contributed by atoms with E-state index < -0.39 is 0 Å². The Morgan fingerprint density at radius 3 is 2.92 bits per heavy atom. The number of hydrogen-bond donors (Lipinski definition) is 0. The fraction of sp³-hybridized carbons (Fsp3) is 0.400. The lowest BCUT2D eigenvalue weighted by molar-refractivity contribution is -0.122. The number of piperidine rings is 1. The van der Waals surface area contributed by atoms with Crippen LogP contribution in [0.5, 0.6) is 0 Å². The number of amides is 1. The number of benzene rings is 1. The van der Waals surface area contributed by atoms with Crippen molar-refractivity contribution in [1.29, 1.82) is 0 Å². The molecule has 1 amide bonds. The Morgan fingerprint density at radius 1 is 1.24 bits per heavy atom. The summed E-state index contributed by atoms with van der Waals surface area (Å²) in [5.41, 5.74) is 2.34. The molecule has 3 heterocycles. The van der Waals surface area contributed by atoms with Crippen LogP contribution in [0.25, 0.3) is 0 Å². The van der Waals surface area contributed by atoms with E-state index in [9.17, 15) is 4.79 Å². The van der Waals surface area contributed by atoms with Crippen LogP contribution in [0.2, 0.25) is 5.02 Å². The molecule has 4 nitrogen and oxygen atoms in total. The van der Waals surface area contributed by atoms with E-state index in [0.717, 1.165) is 37.3 Å². The van der Waals surface area contributed by atoms with Crippen LogP contribution in [0.4, 0.5) is 11.5 Å². The molecule has 2 aliphatic rings. The Labute approximate surface area is 153 Å². The van der Waals surface area contributed by atoms with E-state index in [1.54, 1.807) is 6.20 Å². The van der Waals surface area contributed by atoms with E-state index in [1.165, 1.54) is 5.56 Å². The first-order valence-corrected chi connectivity index (χ1v) is 9.29. The molecule has 0 saturated carbocycles. The normalized spacial score (nSPS) is 22.8. The zero-order chi connectivity index (χ0) is 17.4. The first-order chi connectivity index (χ1) is 12.1. The number of carbonyl (C=O) groups is 1. The maximum Gasteiger partial charge on any atom is 0.232 e. The minimum Gasteiger partial charge on any atom is -0.355 e. The highest BCUT2D eigenvalue weighted by atomic mass is 35.5. The van der Waals surface area contributed by atoms with E-state index in [2.05, 4.69) is 28.9 Å². The molecule has 0 radical (unpaired) electrons. The Balaban J connectivity index is 1.56. The van der Waals surface area contributed by atoms with Crippen molar-refractivity contribution in [2.24, 2.45) is 5.92 Å². The van der Waals surface area contributed by atoms with Crippen LogP contribution in [-0.2, 0) is 11.2 Å². The lowest BCUT2D eigenvalue weighted by Gasteiger charge is -2.36. The number of carbonyl (C=O) groups excluding carboxylic acids is 1. The predicted octanol–water partition coefficient (Wildman–Crippen LogP) is 3.93. The monoisotopic (exact) mass is 355 g/mol. The van der Waals surface area contributed by atoms with E-state index in [4.69, 9.17) is 11.6 Å². The molecule has 4 rings (SSSR count). The maximum absolute atomic E-state index is 13.3. The fourth-order valence-corrected chi connectivity index (χ4v) is 4.32. The van der Waals surface area contributed by atoms with E-state index in [-0.39, 0.29) is 17.9 Å². The number of rotatable bonds is 2. The SMILES string of the molecule is C[C@H]1Cc2ccccc2N1C(=O)[C@@H]1CCCN(c2ncccc2Cl)C1. The van der Waals surface area contributed by atoms with Crippen LogP contribution in [0.3, 0.4) is 0 Å². The Hall–Kier alpha value is -2.07. The molecular formula is C20H22ClN3O. The summed E-state index contributed by atoms with van der Waals surface area (Å²) in [7, 11) is 0. The molecule has 0 bridgehead atoms.